The van der Waals surface area contributed by atoms with E-state index in [2.05, 4.69) is 24.0 Å². The molecule has 0 amide bonds. The summed E-state index contributed by atoms with van der Waals surface area (Å²) >= 11 is 6.54. The summed E-state index contributed by atoms with van der Waals surface area (Å²) in [6, 6.07) is 13.7. The van der Waals surface area contributed by atoms with Gasteiger partial charge in [-0.1, -0.05) is 30.7 Å². The zero-order valence-electron chi connectivity index (χ0n) is 12.1. The van der Waals surface area contributed by atoms with Crippen LogP contribution in [0.4, 0.5) is 0 Å². The molecule has 0 aliphatic rings. The number of nitriles is 1. The Bertz CT molecular complexity index is 828. The van der Waals surface area contributed by atoms with Gasteiger partial charge in [0.25, 0.3) is 0 Å². The summed E-state index contributed by atoms with van der Waals surface area (Å²) < 4.78 is 1.94. The van der Waals surface area contributed by atoms with Gasteiger partial charge in [0.2, 0.25) is 0 Å². The monoisotopic (exact) mass is 307 g/mol. The summed E-state index contributed by atoms with van der Waals surface area (Å²) in [6.07, 6.45) is 6.27. The predicted molar refractivity (Wildman–Crippen MR) is 88.1 cm³/mol. The number of aryl methyl sites for hydroxylation is 1. The van der Waals surface area contributed by atoms with Gasteiger partial charge in [-0.25, -0.2) is 4.98 Å². The fourth-order valence-corrected chi connectivity index (χ4v) is 2.86. The van der Waals surface area contributed by atoms with E-state index < -0.39 is 0 Å². The molecule has 3 nitrogen and oxygen atoms in total. The van der Waals surface area contributed by atoms with Gasteiger partial charge >= 0.3 is 0 Å². The summed E-state index contributed by atoms with van der Waals surface area (Å²) in [5.74, 6) is 0. The molecule has 3 rings (SSSR count). The number of hydrogen-bond acceptors (Lipinski definition) is 2. The molecule has 4 heteroatoms. The maximum atomic E-state index is 8.91. The van der Waals surface area contributed by atoms with E-state index in [-0.39, 0.29) is 0 Å². The molecule has 0 bridgehead atoms. The Balaban J connectivity index is 2.13. The molecule has 0 aliphatic carbocycles. The van der Waals surface area contributed by atoms with E-state index in [1.54, 1.807) is 12.5 Å². The molecule has 0 radical (unpaired) electrons. The van der Waals surface area contributed by atoms with Crippen molar-refractivity contribution >= 4 is 11.6 Å². The van der Waals surface area contributed by atoms with Crippen molar-refractivity contribution in [1.29, 1.82) is 5.26 Å². The summed E-state index contributed by atoms with van der Waals surface area (Å²) in [4.78, 5) is 4.07. The normalized spacial score (nSPS) is 10.4. The Labute approximate surface area is 134 Å². The van der Waals surface area contributed by atoms with Crippen LogP contribution in [0.2, 0.25) is 5.02 Å². The minimum atomic E-state index is 0.646. The molecule has 1 heterocycles. The molecule has 0 N–H and O–H groups in total. The molecule has 0 atom stereocenters. The van der Waals surface area contributed by atoms with Gasteiger partial charge in [-0.15, -0.1) is 0 Å². The first-order valence-corrected chi connectivity index (χ1v) is 7.42. The van der Waals surface area contributed by atoms with Crippen LogP contribution in [0.1, 0.15) is 18.1 Å². The molecule has 0 saturated carbocycles. The Kier molecular flexibility index (Phi) is 3.95. The van der Waals surface area contributed by atoms with Crippen molar-refractivity contribution in [2.45, 2.75) is 13.3 Å². The third-order valence-electron chi connectivity index (χ3n) is 3.64. The van der Waals surface area contributed by atoms with Gasteiger partial charge < -0.3 is 4.57 Å². The summed E-state index contributed by atoms with van der Waals surface area (Å²) in [7, 11) is 0. The van der Waals surface area contributed by atoms with Crippen molar-refractivity contribution in [2.75, 3.05) is 0 Å². The second-order valence-electron chi connectivity index (χ2n) is 4.97. The molecule has 108 valence electrons. The van der Waals surface area contributed by atoms with Crippen molar-refractivity contribution in [3.05, 3.63) is 71.3 Å². The summed E-state index contributed by atoms with van der Waals surface area (Å²) in [6.45, 7) is 2.11. The highest BCUT2D eigenvalue weighted by atomic mass is 35.5. The first-order valence-electron chi connectivity index (χ1n) is 7.04. The van der Waals surface area contributed by atoms with Crippen LogP contribution in [0, 0.1) is 11.3 Å². The topological polar surface area (TPSA) is 41.6 Å². The molecule has 22 heavy (non-hydrogen) atoms. The predicted octanol–water partition coefficient (Wildman–Crippen LogP) is 4.63. The van der Waals surface area contributed by atoms with Crippen molar-refractivity contribution < 1.29 is 0 Å². The zero-order valence-corrected chi connectivity index (χ0v) is 12.9. The van der Waals surface area contributed by atoms with Crippen molar-refractivity contribution in [1.82, 2.24) is 9.55 Å². The fourth-order valence-electron chi connectivity index (χ4n) is 2.52. The molecule has 0 unspecified atom stereocenters. The maximum Gasteiger partial charge on any atom is 0.0991 e. The molecule has 0 saturated heterocycles. The Morgan fingerprint density at radius 1 is 1.23 bits per heavy atom. The second kappa shape index (κ2) is 6.05. The van der Waals surface area contributed by atoms with Crippen LogP contribution in [0.15, 0.2) is 55.1 Å². The second-order valence-corrected chi connectivity index (χ2v) is 5.38. The van der Waals surface area contributed by atoms with E-state index in [9.17, 15) is 0 Å². The zero-order chi connectivity index (χ0) is 15.5. The molecule has 2 aromatic carbocycles. The van der Waals surface area contributed by atoms with E-state index in [0.717, 1.165) is 23.2 Å². The van der Waals surface area contributed by atoms with Crippen LogP contribution in [0.25, 0.3) is 16.8 Å². The standard InChI is InChI=1S/C18H14ClN3/c1-2-14-9-16(22-8-7-21-12-22)10-17(19)18(14)15-5-3-13(11-20)4-6-15/h3-10,12H,2H2,1H3. The molecular weight excluding hydrogens is 294 g/mol. The fraction of sp³-hybridized carbons (Fsp3) is 0.111. The third kappa shape index (κ3) is 2.61. The Hall–Kier alpha value is -2.57. The third-order valence-corrected chi connectivity index (χ3v) is 3.94. The van der Waals surface area contributed by atoms with Crippen LogP contribution in [0.3, 0.4) is 0 Å². The van der Waals surface area contributed by atoms with Gasteiger partial charge in [0.15, 0.2) is 0 Å². The van der Waals surface area contributed by atoms with Gasteiger partial charge in [-0.3, -0.25) is 0 Å². The van der Waals surface area contributed by atoms with Crippen LogP contribution in [-0.4, -0.2) is 9.55 Å². The number of hydrogen-bond donors (Lipinski definition) is 0. The van der Waals surface area contributed by atoms with Gasteiger partial charge in [-0.2, -0.15) is 5.26 Å². The number of rotatable bonds is 3. The molecular formula is C18H14ClN3. The molecule has 0 spiro atoms. The lowest BCUT2D eigenvalue weighted by Crippen LogP contribution is -1.96. The van der Waals surface area contributed by atoms with Gasteiger partial charge in [0.1, 0.15) is 0 Å². The maximum absolute atomic E-state index is 8.91. The number of benzene rings is 2. The summed E-state index contributed by atoms with van der Waals surface area (Å²) in [5, 5.41) is 9.61. The van der Waals surface area contributed by atoms with E-state index >= 15 is 0 Å². The molecule has 0 fully saturated rings. The lowest BCUT2D eigenvalue weighted by atomic mass is 9.96. The highest BCUT2D eigenvalue weighted by molar-refractivity contribution is 6.33. The minimum Gasteiger partial charge on any atom is -0.306 e. The highest BCUT2D eigenvalue weighted by Gasteiger charge is 2.11. The van der Waals surface area contributed by atoms with Crippen LogP contribution >= 0.6 is 11.6 Å². The summed E-state index contributed by atoms with van der Waals surface area (Å²) in [5.41, 5.74) is 4.86. The van der Waals surface area contributed by atoms with Crippen molar-refractivity contribution in [3.63, 3.8) is 0 Å². The van der Waals surface area contributed by atoms with Crippen LogP contribution < -0.4 is 0 Å². The average molecular weight is 308 g/mol. The number of imidazole rings is 1. The quantitative estimate of drug-likeness (QED) is 0.708. The lowest BCUT2D eigenvalue weighted by Gasteiger charge is -2.14. The van der Waals surface area contributed by atoms with Gasteiger partial charge in [-0.05, 0) is 41.8 Å². The molecule has 1 aromatic heterocycles. The van der Waals surface area contributed by atoms with E-state index in [4.69, 9.17) is 16.9 Å². The van der Waals surface area contributed by atoms with E-state index in [0.29, 0.717) is 10.6 Å². The smallest absolute Gasteiger partial charge is 0.0991 e. The van der Waals surface area contributed by atoms with E-state index in [1.165, 1.54) is 5.56 Å². The number of halogens is 1. The van der Waals surface area contributed by atoms with Crippen LogP contribution in [-0.2, 0) is 6.42 Å². The minimum absolute atomic E-state index is 0.646. The first-order chi connectivity index (χ1) is 10.7. The lowest BCUT2D eigenvalue weighted by molar-refractivity contribution is 1.04. The highest BCUT2D eigenvalue weighted by Crippen LogP contribution is 2.34. The number of aromatic nitrogens is 2. The van der Waals surface area contributed by atoms with Crippen molar-refractivity contribution in [3.8, 4) is 22.9 Å². The first kappa shape index (κ1) is 14.4. The van der Waals surface area contributed by atoms with Gasteiger partial charge in [0, 0.05) is 23.6 Å². The average Bonchev–Trinajstić information content (AvgIpc) is 3.08. The Morgan fingerprint density at radius 3 is 2.59 bits per heavy atom. The van der Waals surface area contributed by atoms with Gasteiger partial charge in [0.05, 0.1) is 23.0 Å². The largest absolute Gasteiger partial charge is 0.306 e. The number of nitrogens with zero attached hydrogens (tertiary/aromatic N) is 3. The Morgan fingerprint density at radius 2 is 2.00 bits per heavy atom. The SMILES string of the molecule is CCc1cc(-n2ccnc2)cc(Cl)c1-c1ccc(C#N)cc1. The van der Waals surface area contributed by atoms with Crippen LogP contribution in [0.5, 0.6) is 0 Å². The van der Waals surface area contributed by atoms with E-state index in [1.807, 2.05) is 41.1 Å². The molecule has 0 aliphatic heterocycles. The van der Waals surface area contributed by atoms with Crippen molar-refractivity contribution in [2.24, 2.45) is 0 Å². The molecule has 3 aromatic rings.